The number of hydrogen-bond donors (Lipinski definition) is 0. The molecule has 0 spiro atoms. The lowest BCUT2D eigenvalue weighted by Crippen LogP contribution is -2.41. The Labute approximate surface area is 95.7 Å². The topological polar surface area (TPSA) is 29.5 Å². The molecule has 1 saturated heterocycles. The average Bonchev–Trinajstić information content (AvgIpc) is 3.10. The van der Waals surface area contributed by atoms with E-state index in [-0.39, 0.29) is 11.8 Å². The van der Waals surface area contributed by atoms with Crippen molar-refractivity contribution in [3.05, 3.63) is 0 Å². The van der Waals surface area contributed by atoms with Crippen LogP contribution in [0.5, 0.6) is 0 Å². The van der Waals surface area contributed by atoms with Crippen molar-refractivity contribution in [1.82, 2.24) is 4.90 Å². The number of halogens is 1. The second-order valence-electron chi connectivity index (χ2n) is 4.37. The lowest BCUT2D eigenvalue weighted by Gasteiger charge is -2.28. The molecule has 1 atom stereocenters. The Kier molecular flexibility index (Phi) is 3.87. The van der Waals surface area contributed by atoms with Crippen molar-refractivity contribution >= 4 is 17.5 Å². The zero-order chi connectivity index (χ0) is 10.7. The summed E-state index contributed by atoms with van der Waals surface area (Å²) < 4.78 is 5.35. The second-order valence-corrected chi connectivity index (χ2v) is 4.74. The number of hydrogen-bond acceptors (Lipinski definition) is 2. The Morgan fingerprint density at radius 2 is 2.20 bits per heavy atom. The van der Waals surface area contributed by atoms with Gasteiger partial charge in [-0.25, -0.2) is 0 Å². The largest absolute Gasteiger partial charge is 0.381 e. The van der Waals surface area contributed by atoms with Crippen molar-refractivity contribution in [3.63, 3.8) is 0 Å². The average molecular weight is 232 g/mol. The van der Waals surface area contributed by atoms with Crippen LogP contribution in [0.2, 0.25) is 0 Å². The van der Waals surface area contributed by atoms with Crippen LogP contribution in [0.4, 0.5) is 0 Å². The van der Waals surface area contributed by atoms with Crippen molar-refractivity contribution in [3.8, 4) is 0 Å². The third-order valence-corrected chi connectivity index (χ3v) is 3.27. The van der Waals surface area contributed by atoms with Gasteiger partial charge in [-0.05, 0) is 25.7 Å². The van der Waals surface area contributed by atoms with E-state index in [4.69, 9.17) is 16.3 Å². The normalized spacial score (nSPS) is 26.3. The lowest BCUT2D eigenvalue weighted by molar-refractivity contribution is -0.140. The molecule has 1 heterocycles. The van der Waals surface area contributed by atoms with Crippen LogP contribution in [-0.4, -0.2) is 42.5 Å². The van der Waals surface area contributed by atoms with Gasteiger partial charge in [-0.15, -0.1) is 11.6 Å². The van der Waals surface area contributed by atoms with Crippen LogP contribution in [0.25, 0.3) is 0 Å². The van der Waals surface area contributed by atoms with E-state index in [1.807, 2.05) is 4.90 Å². The maximum absolute atomic E-state index is 12.2. The maximum Gasteiger partial charge on any atom is 0.228 e. The van der Waals surface area contributed by atoms with Crippen molar-refractivity contribution in [2.75, 3.05) is 25.6 Å². The Bertz CT molecular complexity index is 225. The highest BCUT2D eigenvalue weighted by Gasteiger charge is 2.35. The van der Waals surface area contributed by atoms with Gasteiger partial charge >= 0.3 is 0 Å². The summed E-state index contributed by atoms with van der Waals surface area (Å²) in [7, 11) is 0. The fourth-order valence-electron chi connectivity index (χ4n) is 2.12. The van der Waals surface area contributed by atoms with Crippen LogP contribution in [0.1, 0.15) is 25.7 Å². The molecule has 2 aliphatic rings. The zero-order valence-electron chi connectivity index (χ0n) is 8.95. The monoisotopic (exact) mass is 231 g/mol. The van der Waals surface area contributed by atoms with Gasteiger partial charge in [0.25, 0.3) is 0 Å². The molecule has 3 nitrogen and oxygen atoms in total. The molecule has 2 fully saturated rings. The first kappa shape index (κ1) is 11.2. The summed E-state index contributed by atoms with van der Waals surface area (Å²) >= 11 is 5.73. The first-order chi connectivity index (χ1) is 7.33. The van der Waals surface area contributed by atoms with Gasteiger partial charge in [0.15, 0.2) is 0 Å². The molecule has 86 valence electrons. The van der Waals surface area contributed by atoms with Gasteiger partial charge in [0.2, 0.25) is 5.91 Å². The van der Waals surface area contributed by atoms with E-state index >= 15 is 0 Å². The predicted molar refractivity (Wildman–Crippen MR) is 59.0 cm³/mol. The van der Waals surface area contributed by atoms with Gasteiger partial charge in [0, 0.05) is 25.1 Å². The van der Waals surface area contributed by atoms with Gasteiger partial charge in [0.1, 0.15) is 0 Å². The minimum absolute atomic E-state index is 0.0857. The van der Waals surface area contributed by atoms with Crippen LogP contribution < -0.4 is 0 Å². The Hall–Kier alpha value is -0.280. The van der Waals surface area contributed by atoms with Crippen molar-refractivity contribution in [2.24, 2.45) is 5.92 Å². The summed E-state index contributed by atoms with van der Waals surface area (Å²) in [6.07, 6.45) is 4.28. The number of carbonyl (C=O) groups is 1. The highest BCUT2D eigenvalue weighted by molar-refractivity contribution is 6.18. The van der Waals surface area contributed by atoms with Gasteiger partial charge in [0.05, 0.1) is 12.5 Å². The number of rotatable bonds is 4. The van der Waals surface area contributed by atoms with E-state index in [1.54, 1.807) is 0 Å². The van der Waals surface area contributed by atoms with E-state index in [1.165, 1.54) is 0 Å². The molecule has 0 aromatic heterocycles. The third kappa shape index (κ3) is 2.85. The first-order valence-electron chi connectivity index (χ1n) is 5.77. The third-order valence-electron chi connectivity index (χ3n) is 3.11. The van der Waals surface area contributed by atoms with E-state index < -0.39 is 0 Å². The zero-order valence-corrected chi connectivity index (χ0v) is 9.71. The molecular formula is C11H18ClNO2. The fraction of sp³-hybridized carbons (Fsp3) is 0.909. The highest BCUT2D eigenvalue weighted by Crippen LogP contribution is 2.29. The molecule has 0 radical (unpaired) electrons. The van der Waals surface area contributed by atoms with Crippen molar-refractivity contribution < 1.29 is 9.53 Å². The SMILES string of the molecule is O=C(C1CCCOC1)N(CCCl)C1CC1. The summed E-state index contributed by atoms with van der Waals surface area (Å²) in [4.78, 5) is 14.1. The molecule has 2 rings (SSSR count). The van der Waals surface area contributed by atoms with Gasteiger partial charge < -0.3 is 9.64 Å². The minimum Gasteiger partial charge on any atom is -0.381 e. The molecular weight excluding hydrogens is 214 g/mol. The molecule has 15 heavy (non-hydrogen) atoms. The molecule has 0 N–H and O–H groups in total. The van der Waals surface area contributed by atoms with Crippen molar-refractivity contribution in [1.29, 1.82) is 0 Å². The summed E-state index contributed by atoms with van der Waals surface area (Å²) in [5.74, 6) is 0.885. The quantitative estimate of drug-likeness (QED) is 0.689. The lowest BCUT2D eigenvalue weighted by atomic mass is 10.0. The Balaban J connectivity index is 1.90. The first-order valence-corrected chi connectivity index (χ1v) is 6.30. The molecule has 1 unspecified atom stereocenters. The Morgan fingerprint density at radius 3 is 2.73 bits per heavy atom. The van der Waals surface area contributed by atoms with Gasteiger partial charge in [-0.3, -0.25) is 4.79 Å². The predicted octanol–water partition coefficient (Wildman–Crippen LogP) is 1.64. The molecule has 1 amide bonds. The molecule has 0 bridgehead atoms. The standard InChI is InChI=1S/C11H18ClNO2/c12-5-6-13(10-3-4-10)11(14)9-2-1-7-15-8-9/h9-10H,1-8H2. The number of alkyl halides is 1. The van der Waals surface area contributed by atoms with E-state index in [2.05, 4.69) is 0 Å². The van der Waals surface area contributed by atoms with Crippen LogP contribution in [0.15, 0.2) is 0 Å². The molecule has 1 aliphatic heterocycles. The molecule has 1 aliphatic carbocycles. The van der Waals surface area contributed by atoms with Gasteiger partial charge in [-0.2, -0.15) is 0 Å². The fourth-order valence-corrected chi connectivity index (χ4v) is 2.30. The number of carbonyl (C=O) groups excluding carboxylic acids is 1. The Morgan fingerprint density at radius 1 is 1.40 bits per heavy atom. The molecule has 0 aromatic rings. The van der Waals surface area contributed by atoms with Gasteiger partial charge in [-0.1, -0.05) is 0 Å². The highest BCUT2D eigenvalue weighted by atomic mass is 35.5. The summed E-state index contributed by atoms with van der Waals surface area (Å²) in [5, 5.41) is 0. The number of ether oxygens (including phenoxy) is 1. The van der Waals surface area contributed by atoms with E-state index in [0.717, 1.165) is 32.3 Å². The van der Waals surface area contributed by atoms with E-state index in [0.29, 0.717) is 25.1 Å². The molecule has 4 heteroatoms. The number of nitrogens with zero attached hydrogens (tertiary/aromatic N) is 1. The molecule has 0 aromatic carbocycles. The van der Waals surface area contributed by atoms with Crippen LogP contribution >= 0.6 is 11.6 Å². The maximum atomic E-state index is 12.2. The summed E-state index contributed by atoms with van der Waals surface area (Å²) in [5.41, 5.74) is 0. The van der Waals surface area contributed by atoms with Crippen LogP contribution in [-0.2, 0) is 9.53 Å². The van der Waals surface area contributed by atoms with E-state index in [9.17, 15) is 4.79 Å². The van der Waals surface area contributed by atoms with Crippen molar-refractivity contribution in [2.45, 2.75) is 31.7 Å². The summed E-state index contributed by atoms with van der Waals surface area (Å²) in [6.45, 7) is 2.11. The van der Waals surface area contributed by atoms with Crippen LogP contribution in [0, 0.1) is 5.92 Å². The summed E-state index contributed by atoms with van der Waals surface area (Å²) in [6, 6.07) is 0.471. The second kappa shape index (κ2) is 5.17. The number of amides is 1. The van der Waals surface area contributed by atoms with Crippen LogP contribution in [0.3, 0.4) is 0 Å². The molecule has 1 saturated carbocycles. The minimum atomic E-state index is 0.0857. The smallest absolute Gasteiger partial charge is 0.228 e.